The van der Waals surface area contributed by atoms with Crippen molar-refractivity contribution in [1.82, 2.24) is 10.1 Å². The molecule has 0 aromatic carbocycles. The largest absolute Gasteiger partial charge is 0.462 e. The molecule has 0 aliphatic heterocycles. The maximum absolute atomic E-state index is 11.7. The van der Waals surface area contributed by atoms with Crippen LogP contribution in [-0.4, -0.2) is 22.7 Å². The highest BCUT2D eigenvalue weighted by Gasteiger charge is 2.12. The van der Waals surface area contributed by atoms with Gasteiger partial charge in [-0.25, -0.2) is 9.78 Å². The fourth-order valence-corrected chi connectivity index (χ4v) is 1.46. The molecule has 0 bridgehead atoms. The second kappa shape index (κ2) is 5.85. The molecule has 3 N–H and O–H groups in total. The van der Waals surface area contributed by atoms with Gasteiger partial charge in [-0.3, -0.25) is 0 Å². The summed E-state index contributed by atoms with van der Waals surface area (Å²) in [6.07, 6.45) is 2.90. The van der Waals surface area contributed by atoms with Crippen LogP contribution in [-0.2, 0) is 11.3 Å². The van der Waals surface area contributed by atoms with Gasteiger partial charge >= 0.3 is 5.97 Å². The van der Waals surface area contributed by atoms with Crippen LogP contribution < -0.4 is 11.1 Å². The normalized spacial score (nSPS) is 10.2. The van der Waals surface area contributed by atoms with Crippen LogP contribution in [0.25, 0.3) is 0 Å². The lowest BCUT2D eigenvalue weighted by Gasteiger charge is -2.08. The second-order valence-corrected chi connectivity index (χ2v) is 3.72. The summed E-state index contributed by atoms with van der Waals surface area (Å²) in [5.74, 6) is 0.0483. The molecule has 2 aromatic heterocycles. The smallest absolute Gasteiger partial charge is 0.340 e. The lowest BCUT2D eigenvalue weighted by molar-refractivity contribution is 0.0527. The van der Waals surface area contributed by atoms with E-state index < -0.39 is 5.97 Å². The highest BCUT2D eigenvalue weighted by molar-refractivity contribution is 5.95. The van der Waals surface area contributed by atoms with Gasteiger partial charge in [0, 0.05) is 6.07 Å². The third kappa shape index (κ3) is 3.21. The van der Waals surface area contributed by atoms with Crippen molar-refractivity contribution in [2.75, 3.05) is 17.7 Å². The lowest BCUT2D eigenvalue weighted by atomic mass is 10.2. The number of nitrogens with zero attached hydrogens (tertiary/aromatic N) is 2. The van der Waals surface area contributed by atoms with Crippen molar-refractivity contribution in [3.05, 3.63) is 35.9 Å². The number of pyridine rings is 1. The van der Waals surface area contributed by atoms with E-state index in [4.69, 9.17) is 15.0 Å². The molecule has 0 aliphatic rings. The monoisotopic (exact) mass is 262 g/mol. The summed E-state index contributed by atoms with van der Waals surface area (Å²) in [5, 5.41) is 6.77. The van der Waals surface area contributed by atoms with Crippen molar-refractivity contribution in [3.63, 3.8) is 0 Å². The van der Waals surface area contributed by atoms with Crippen molar-refractivity contribution in [3.8, 4) is 0 Å². The molecular weight excluding hydrogens is 248 g/mol. The van der Waals surface area contributed by atoms with E-state index in [9.17, 15) is 4.79 Å². The summed E-state index contributed by atoms with van der Waals surface area (Å²) >= 11 is 0. The topological polar surface area (TPSA) is 103 Å². The number of nitrogens with one attached hydrogen (secondary N) is 1. The van der Waals surface area contributed by atoms with Crippen LogP contribution in [0.1, 0.15) is 23.0 Å². The fourth-order valence-electron chi connectivity index (χ4n) is 1.46. The number of anilines is 2. The minimum Gasteiger partial charge on any atom is -0.462 e. The molecular formula is C12H14N4O3. The SMILES string of the molecule is CCOC(=O)c1cc(NCc2ccon2)ncc1N. The quantitative estimate of drug-likeness (QED) is 0.786. The Morgan fingerprint density at radius 3 is 3.11 bits per heavy atom. The molecule has 0 spiro atoms. The van der Waals surface area contributed by atoms with Gasteiger partial charge in [-0.15, -0.1) is 0 Å². The number of esters is 1. The van der Waals surface area contributed by atoms with Crippen LogP contribution >= 0.6 is 0 Å². The van der Waals surface area contributed by atoms with E-state index >= 15 is 0 Å². The Labute approximate surface area is 109 Å². The van der Waals surface area contributed by atoms with E-state index in [-0.39, 0.29) is 5.69 Å². The summed E-state index contributed by atoms with van der Waals surface area (Å²) in [6.45, 7) is 2.47. The van der Waals surface area contributed by atoms with E-state index in [0.717, 1.165) is 5.69 Å². The van der Waals surface area contributed by atoms with Crippen molar-refractivity contribution in [2.24, 2.45) is 0 Å². The van der Waals surface area contributed by atoms with Crippen LogP contribution in [0.3, 0.4) is 0 Å². The molecule has 0 saturated carbocycles. The van der Waals surface area contributed by atoms with Gasteiger partial charge in [-0.1, -0.05) is 5.16 Å². The highest BCUT2D eigenvalue weighted by atomic mass is 16.5. The Hall–Kier alpha value is -2.57. The van der Waals surface area contributed by atoms with Gasteiger partial charge in [-0.2, -0.15) is 0 Å². The molecule has 0 atom stereocenters. The standard InChI is InChI=1S/C12H14N4O3/c1-2-18-12(17)9-5-11(15-7-10(9)13)14-6-8-3-4-19-16-8/h3-5,7H,2,6,13H2,1H3,(H,14,15). The maximum Gasteiger partial charge on any atom is 0.340 e. The Balaban J connectivity index is 2.09. The zero-order valence-corrected chi connectivity index (χ0v) is 10.4. The average Bonchev–Trinajstić information content (AvgIpc) is 2.91. The third-order valence-corrected chi connectivity index (χ3v) is 2.37. The van der Waals surface area contributed by atoms with E-state index in [0.29, 0.717) is 24.5 Å². The summed E-state index contributed by atoms with van der Waals surface area (Å²) < 4.78 is 9.62. The van der Waals surface area contributed by atoms with Gasteiger partial charge in [0.1, 0.15) is 17.8 Å². The molecule has 2 heterocycles. The highest BCUT2D eigenvalue weighted by Crippen LogP contribution is 2.16. The zero-order valence-electron chi connectivity index (χ0n) is 10.4. The molecule has 19 heavy (non-hydrogen) atoms. The first-order chi connectivity index (χ1) is 9.20. The zero-order chi connectivity index (χ0) is 13.7. The first-order valence-corrected chi connectivity index (χ1v) is 5.76. The molecule has 0 unspecified atom stereocenters. The number of nitrogen functional groups attached to an aromatic ring is 1. The van der Waals surface area contributed by atoms with Crippen LogP contribution in [0.4, 0.5) is 11.5 Å². The number of aromatic nitrogens is 2. The first kappa shape index (κ1) is 12.9. The maximum atomic E-state index is 11.7. The Kier molecular flexibility index (Phi) is 3.97. The molecule has 0 radical (unpaired) electrons. The lowest BCUT2D eigenvalue weighted by Crippen LogP contribution is -2.10. The van der Waals surface area contributed by atoms with Crippen LogP contribution in [0.5, 0.6) is 0 Å². The molecule has 0 fully saturated rings. The van der Waals surface area contributed by atoms with Crippen LogP contribution in [0.15, 0.2) is 29.1 Å². The van der Waals surface area contributed by atoms with Crippen LogP contribution in [0.2, 0.25) is 0 Å². The number of carbonyl (C=O) groups is 1. The summed E-state index contributed by atoms with van der Waals surface area (Å²) in [6, 6.07) is 3.28. The Morgan fingerprint density at radius 1 is 1.58 bits per heavy atom. The number of nitrogens with two attached hydrogens (primary N) is 1. The minimum atomic E-state index is -0.466. The average molecular weight is 262 g/mol. The van der Waals surface area contributed by atoms with Gasteiger partial charge < -0.3 is 20.3 Å². The molecule has 2 aromatic rings. The van der Waals surface area contributed by atoms with Gasteiger partial charge in [-0.05, 0) is 13.0 Å². The number of carbonyl (C=O) groups excluding carboxylic acids is 1. The molecule has 100 valence electrons. The summed E-state index contributed by atoms with van der Waals surface area (Å²) in [5.41, 5.74) is 7.00. The molecule has 7 heteroatoms. The first-order valence-electron chi connectivity index (χ1n) is 5.76. The third-order valence-electron chi connectivity index (χ3n) is 2.37. The van der Waals surface area contributed by atoms with Crippen LogP contribution in [0, 0.1) is 0 Å². The van der Waals surface area contributed by atoms with E-state index in [1.165, 1.54) is 12.5 Å². The number of hydrogen-bond acceptors (Lipinski definition) is 7. The summed E-state index contributed by atoms with van der Waals surface area (Å²) in [4.78, 5) is 15.7. The van der Waals surface area contributed by atoms with Gasteiger partial charge in [0.15, 0.2) is 0 Å². The predicted octanol–water partition coefficient (Wildman–Crippen LogP) is 1.44. The predicted molar refractivity (Wildman–Crippen MR) is 68.4 cm³/mol. The molecule has 7 nitrogen and oxygen atoms in total. The van der Waals surface area contributed by atoms with Gasteiger partial charge in [0.2, 0.25) is 0 Å². The van der Waals surface area contributed by atoms with Gasteiger partial charge in [0.25, 0.3) is 0 Å². The van der Waals surface area contributed by atoms with E-state index in [1.807, 2.05) is 0 Å². The molecule has 0 amide bonds. The van der Waals surface area contributed by atoms with Crippen molar-refractivity contribution in [1.29, 1.82) is 0 Å². The fraction of sp³-hybridized carbons (Fsp3) is 0.250. The number of rotatable bonds is 5. The Bertz CT molecular complexity index is 554. The van der Waals surface area contributed by atoms with Gasteiger partial charge in [0.05, 0.1) is 30.6 Å². The van der Waals surface area contributed by atoms with Crippen molar-refractivity contribution < 1.29 is 14.1 Å². The second-order valence-electron chi connectivity index (χ2n) is 3.72. The van der Waals surface area contributed by atoms with Crippen molar-refractivity contribution in [2.45, 2.75) is 13.5 Å². The number of hydrogen-bond donors (Lipinski definition) is 2. The Morgan fingerprint density at radius 2 is 2.42 bits per heavy atom. The molecule has 2 rings (SSSR count). The minimum absolute atomic E-state index is 0.283. The van der Waals surface area contributed by atoms with E-state index in [1.54, 1.807) is 19.1 Å². The van der Waals surface area contributed by atoms with Crippen molar-refractivity contribution >= 4 is 17.5 Å². The molecule has 0 saturated heterocycles. The summed E-state index contributed by atoms with van der Waals surface area (Å²) in [7, 11) is 0. The molecule has 0 aliphatic carbocycles. The van der Waals surface area contributed by atoms with E-state index in [2.05, 4.69) is 15.5 Å². The number of ether oxygens (including phenoxy) is 1.